The number of hydrogen-bond acceptors (Lipinski definition) is 5. The summed E-state index contributed by atoms with van der Waals surface area (Å²) in [6, 6.07) is 23.8. The average molecular weight is 468 g/mol. The van der Waals surface area contributed by atoms with E-state index < -0.39 is 5.54 Å². The number of piperidine rings is 1. The monoisotopic (exact) mass is 467 g/mol. The van der Waals surface area contributed by atoms with E-state index in [0.717, 1.165) is 61.3 Å². The van der Waals surface area contributed by atoms with Gasteiger partial charge < -0.3 is 19.9 Å². The molecular weight excluding hydrogens is 438 g/mol. The standard InChI is InChI=1S/C29H29N3O3/c33-27-24-11-5-4-7-22(24)19-35-25-12-6-8-21(26(25)27)13-16-31-17-14-29(15-18-31)28(34)30-20-32(29)23-9-2-1-3-10-23/h1-12H,13-20H2,(H,30,34). The van der Waals surface area contributed by atoms with Crippen LogP contribution >= 0.6 is 0 Å². The van der Waals surface area contributed by atoms with Gasteiger partial charge in [0.05, 0.1) is 12.2 Å². The molecule has 6 rings (SSSR count). The summed E-state index contributed by atoms with van der Waals surface area (Å²) in [5.41, 5.74) is 3.98. The number of anilines is 1. The molecule has 3 aromatic rings. The molecule has 3 heterocycles. The topological polar surface area (TPSA) is 61.9 Å². The van der Waals surface area contributed by atoms with Gasteiger partial charge in [-0.05, 0) is 43.0 Å². The molecule has 3 aliphatic heterocycles. The summed E-state index contributed by atoms with van der Waals surface area (Å²) in [6.07, 6.45) is 2.34. The van der Waals surface area contributed by atoms with Gasteiger partial charge in [0.15, 0.2) is 5.78 Å². The molecule has 0 bridgehead atoms. The Bertz CT molecular complexity index is 1270. The molecule has 3 aromatic carbocycles. The van der Waals surface area contributed by atoms with Gasteiger partial charge in [-0.25, -0.2) is 0 Å². The second-order valence-corrected chi connectivity index (χ2v) is 9.62. The molecule has 2 fully saturated rings. The van der Waals surface area contributed by atoms with Crippen molar-refractivity contribution < 1.29 is 14.3 Å². The fourth-order valence-corrected chi connectivity index (χ4v) is 5.78. The van der Waals surface area contributed by atoms with Crippen LogP contribution in [0, 0.1) is 0 Å². The third kappa shape index (κ3) is 3.78. The lowest BCUT2D eigenvalue weighted by atomic mass is 9.85. The SMILES string of the molecule is O=C1c2ccccc2COc2cccc(CCN3CCC4(CC3)C(=O)NCN4c3ccccc3)c21. The Morgan fingerprint density at radius 2 is 1.66 bits per heavy atom. The van der Waals surface area contributed by atoms with Gasteiger partial charge in [0, 0.05) is 36.4 Å². The molecule has 2 saturated heterocycles. The van der Waals surface area contributed by atoms with Gasteiger partial charge >= 0.3 is 0 Å². The van der Waals surface area contributed by atoms with Crippen LogP contribution in [-0.4, -0.2) is 48.4 Å². The molecule has 0 unspecified atom stereocenters. The van der Waals surface area contributed by atoms with Crippen molar-refractivity contribution in [3.05, 3.63) is 95.1 Å². The molecule has 35 heavy (non-hydrogen) atoms. The number of carbonyl (C=O) groups is 2. The fraction of sp³-hybridized carbons (Fsp3) is 0.310. The fourth-order valence-electron chi connectivity index (χ4n) is 5.78. The van der Waals surface area contributed by atoms with Crippen molar-refractivity contribution in [3.8, 4) is 5.75 Å². The number of likely N-dealkylation sites (tertiary alicyclic amines) is 1. The third-order valence-corrected chi connectivity index (χ3v) is 7.77. The van der Waals surface area contributed by atoms with Crippen molar-refractivity contribution in [1.82, 2.24) is 10.2 Å². The Labute approximate surface area is 205 Å². The molecule has 0 atom stereocenters. The molecule has 6 heteroatoms. The van der Waals surface area contributed by atoms with E-state index in [0.29, 0.717) is 24.6 Å². The molecule has 6 nitrogen and oxygen atoms in total. The number of benzene rings is 3. The maximum atomic E-state index is 13.4. The Hall–Kier alpha value is -3.64. The molecule has 1 N–H and O–H groups in total. The van der Waals surface area contributed by atoms with Crippen LogP contribution in [0.2, 0.25) is 0 Å². The predicted octanol–water partition coefficient (Wildman–Crippen LogP) is 3.78. The van der Waals surface area contributed by atoms with Crippen LogP contribution in [0.5, 0.6) is 5.75 Å². The average Bonchev–Trinajstić information content (AvgIpc) is 3.13. The molecule has 1 amide bonds. The van der Waals surface area contributed by atoms with Gasteiger partial charge in [-0.3, -0.25) is 9.59 Å². The summed E-state index contributed by atoms with van der Waals surface area (Å²) in [7, 11) is 0. The summed E-state index contributed by atoms with van der Waals surface area (Å²) in [4.78, 5) is 31.0. The zero-order valence-corrected chi connectivity index (χ0v) is 19.7. The zero-order valence-electron chi connectivity index (χ0n) is 19.7. The molecule has 3 aliphatic rings. The number of rotatable bonds is 4. The van der Waals surface area contributed by atoms with Gasteiger partial charge in [0.2, 0.25) is 5.91 Å². The van der Waals surface area contributed by atoms with Crippen LogP contribution in [-0.2, 0) is 17.8 Å². The van der Waals surface area contributed by atoms with Crippen LogP contribution in [0.1, 0.15) is 39.9 Å². The lowest BCUT2D eigenvalue weighted by Gasteiger charge is -2.43. The van der Waals surface area contributed by atoms with Gasteiger partial charge in [-0.15, -0.1) is 0 Å². The highest BCUT2D eigenvalue weighted by Gasteiger charge is 2.50. The normalized spacial score (nSPS) is 19.0. The maximum Gasteiger partial charge on any atom is 0.247 e. The first-order valence-electron chi connectivity index (χ1n) is 12.4. The number of nitrogens with one attached hydrogen (secondary N) is 1. The van der Waals surface area contributed by atoms with Gasteiger partial charge in [0.1, 0.15) is 17.9 Å². The van der Waals surface area contributed by atoms with Gasteiger partial charge in [0.25, 0.3) is 0 Å². The number of ketones is 1. The lowest BCUT2D eigenvalue weighted by molar-refractivity contribution is -0.125. The minimum atomic E-state index is -0.477. The van der Waals surface area contributed by atoms with Crippen LogP contribution in [0.3, 0.4) is 0 Å². The Morgan fingerprint density at radius 1 is 0.886 bits per heavy atom. The highest BCUT2D eigenvalue weighted by atomic mass is 16.5. The minimum absolute atomic E-state index is 0.0439. The Morgan fingerprint density at radius 3 is 2.49 bits per heavy atom. The van der Waals surface area contributed by atoms with Crippen LogP contribution in [0.25, 0.3) is 0 Å². The zero-order chi connectivity index (χ0) is 23.8. The van der Waals surface area contributed by atoms with Crippen LogP contribution < -0.4 is 15.0 Å². The number of ether oxygens (including phenoxy) is 1. The summed E-state index contributed by atoms with van der Waals surface area (Å²) in [6.45, 7) is 3.50. The summed E-state index contributed by atoms with van der Waals surface area (Å²) < 4.78 is 6.02. The highest BCUT2D eigenvalue weighted by Crippen LogP contribution is 2.36. The quantitative estimate of drug-likeness (QED) is 0.633. The molecule has 0 aromatic heterocycles. The van der Waals surface area contributed by atoms with Crippen molar-refractivity contribution in [3.63, 3.8) is 0 Å². The molecule has 178 valence electrons. The number of carbonyl (C=O) groups excluding carboxylic acids is 2. The molecule has 0 radical (unpaired) electrons. The third-order valence-electron chi connectivity index (χ3n) is 7.77. The summed E-state index contributed by atoms with van der Waals surface area (Å²) >= 11 is 0. The van der Waals surface area contributed by atoms with E-state index in [1.54, 1.807) is 0 Å². The number of hydrogen-bond donors (Lipinski definition) is 1. The number of amides is 1. The number of para-hydroxylation sites is 1. The molecule has 0 aliphatic carbocycles. The molecule has 1 spiro atoms. The first kappa shape index (κ1) is 21.9. The second-order valence-electron chi connectivity index (χ2n) is 9.62. The van der Waals surface area contributed by atoms with E-state index in [2.05, 4.69) is 27.2 Å². The number of nitrogens with zero attached hydrogens (tertiary/aromatic N) is 2. The second kappa shape index (κ2) is 8.86. The van der Waals surface area contributed by atoms with Crippen molar-refractivity contribution >= 4 is 17.4 Å². The number of fused-ring (bicyclic) bond motifs is 2. The van der Waals surface area contributed by atoms with Gasteiger partial charge in [-0.1, -0.05) is 54.6 Å². The smallest absolute Gasteiger partial charge is 0.247 e. The van der Waals surface area contributed by atoms with Crippen LogP contribution in [0.4, 0.5) is 5.69 Å². The van der Waals surface area contributed by atoms with E-state index >= 15 is 0 Å². The summed E-state index contributed by atoms with van der Waals surface area (Å²) in [5.74, 6) is 0.848. The van der Waals surface area contributed by atoms with E-state index in [1.807, 2.05) is 60.7 Å². The van der Waals surface area contributed by atoms with Gasteiger partial charge in [-0.2, -0.15) is 0 Å². The molecular formula is C29H29N3O3. The minimum Gasteiger partial charge on any atom is -0.488 e. The highest BCUT2D eigenvalue weighted by molar-refractivity contribution is 6.12. The van der Waals surface area contributed by atoms with E-state index in [9.17, 15) is 9.59 Å². The predicted molar refractivity (Wildman–Crippen MR) is 135 cm³/mol. The largest absolute Gasteiger partial charge is 0.488 e. The van der Waals surface area contributed by atoms with E-state index in [1.165, 1.54) is 0 Å². The molecule has 0 saturated carbocycles. The first-order chi connectivity index (χ1) is 17.2. The Balaban J connectivity index is 1.17. The van der Waals surface area contributed by atoms with E-state index in [4.69, 9.17) is 4.74 Å². The van der Waals surface area contributed by atoms with E-state index in [-0.39, 0.29) is 11.7 Å². The van der Waals surface area contributed by atoms with Crippen molar-refractivity contribution in [2.24, 2.45) is 0 Å². The summed E-state index contributed by atoms with van der Waals surface area (Å²) in [5, 5.41) is 3.07. The Kier molecular flexibility index (Phi) is 5.53. The van der Waals surface area contributed by atoms with Crippen molar-refractivity contribution in [1.29, 1.82) is 0 Å². The maximum absolute atomic E-state index is 13.4. The first-order valence-corrected chi connectivity index (χ1v) is 12.4. The van der Waals surface area contributed by atoms with Crippen molar-refractivity contribution in [2.45, 2.75) is 31.4 Å². The van der Waals surface area contributed by atoms with Crippen LogP contribution in [0.15, 0.2) is 72.8 Å². The van der Waals surface area contributed by atoms with Crippen molar-refractivity contribution in [2.75, 3.05) is 31.2 Å². The lowest BCUT2D eigenvalue weighted by Crippen LogP contribution is -2.56.